The molecule has 0 saturated heterocycles. The first-order valence-corrected chi connectivity index (χ1v) is 9.62. The van der Waals surface area contributed by atoms with Crippen LogP contribution in [0.2, 0.25) is 6.32 Å². The summed E-state index contributed by atoms with van der Waals surface area (Å²) in [6.07, 6.45) is 13.7. The van der Waals surface area contributed by atoms with E-state index in [9.17, 15) is 5.11 Å². The lowest BCUT2D eigenvalue weighted by Gasteiger charge is -2.42. The molecule has 0 aliphatic rings. The number of hydrogen-bond donors (Lipinski definition) is 1. The lowest BCUT2D eigenvalue weighted by molar-refractivity contribution is 0.00232. The molecule has 20 heavy (non-hydrogen) atoms. The zero-order chi connectivity index (χ0) is 15.5. The second kappa shape index (κ2) is 11.3. The SMILES string of the molecule is [B]CC[C@@](O)(I)C(C)(CCCCC)CCCCCCC. The highest BCUT2D eigenvalue weighted by atomic mass is 127. The molecule has 0 aliphatic heterocycles. The fourth-order valence-electron chi connectivity index (χ4n) is 2.89. The highest BCUT2D eigenvalue weighted by molar-refractivity contribution is 14.1. The Morgan fingerprint density at radius 3 is 1.80 bits per heavy atom. The van der Waals surface area contributed by atoms with Gasteiger partial charge >= 0.3 is 0 Å². The molecule has 118 valence electrons. The van der Waals surface area contributed by atoms with Crippen molar-refractivity contribution in [1.82, 2.24) is 0 Å². The van der Waals surface area contributed by atoms with Crippen LogP contribution in [-0.4, -0.2) is 16.6 Å². The van der Waals surface area contributed by atoms with E-state index in [0.717, 1.165) is 12.8 Å². The minimum atomic E-state index is -0.655. The van der Waals surface area contributed by atoms with E-state index < -0.39 is 3.61 Å². The molecule has 1 N–H and O–H groups in total. The van der Waals surface area contributed by atoms with Gasteiger partial charge in [-0.3, -0.25) is 0 Å². The van der Waals surface area contributed by atoms with Crippen LogP contribution in [0.5, 0.6) is 0 Å². The number of alkyl halides is 1. The van der Waals surface area contributed by atoms with Crippen LogP contribution < -0.4 is 0 Å². The molecule has 2 atom stereocenters. The Hall–Kier alpha value is 0.755. The van der Waals surface area contributed by atoms with Crippen molar-refractivity contribution in [2.45, 2.75) is 101 Å². The molecule has 0 aliphatic carbocycles. The van der Waals surface area contributed by atoms with Gasteiger partial charge in [-0.2, -0.15) is 0 Å². The lowest BCUT2D eigenvalue weighted by atomic mass is 9.72. The van der Waals surface area contributed by atoms with E-state index >= 15 is 0 Å². The minimum absolute atomic E-state index is 0.00825. The quantitative estimate of drug-likeness (QED) is 0.176. The molecule has 0 amide bonds. The van der Waals surface area contributed by atoms with Gasteiger partial charge in [0.1, 0.15) is 3.61 Å². The van der Waals surface area contributed by atoms with E-state index in [2.05, 4.69) is 43.4 Å². The maximum atomic E-state index is 10.8. The highest BCUT2D eigenvalue weighted by Gasteiger charge is 2.42. The van der Waals surface area contributed by atoms with E-state index in [0.29, 0.717) is 12.7 Å². The Kier molecular flexibility index (Phi) is 11.8. The smallest absolute Gasteiger partial charge is 0.120 e. The standard InChI is InChI=1S/C17H34BIO/c1-4-6-8-9-11-13-16(3,12-10-7-5-2)17(19,20)14-15-18/h20H,4-15H2,1-3H3/t16?,17-/m0/s1. The summed E-state index contributed by atoms with van der Waals surface area (Å²) in [5.74, 6) is 0. The average molecular weight is 392 g/mol. The molecule has 2 radical (unpaired) electrons. The molecule has 0 saturated carbocycles. The largest absolute Gasteiger partial charge is 0.379 e. The zero-order valence-electron chi connectivity index (χ0n) is 13.9. The molecule has 0 aromatic heterocycles. The summed E-state index contributed by atoms with van der Waals surface area (Å²) in [6, 6.07) is 0. The number of hydrogen-bond acceptors (Lipinski definition) is 1. The van der Waals surface area contributed by atoms with Gasteiger partial charge < -0.3 is 5.11 Å². The summed E-state index contributed by atoms with van der Waals surface area (Å²) in [4.78, 5) is 0. The first kappa shape index (κ1) is 20.8. The number of aliphatic hydroxyl groups is 1. The molecular weight excluding hydrogens is 358 g/mol. The molecule has 0 heterocycles. The molecule has 3 heteroatoms. The molecular formula is C17H34BIO. The summed E-state index contributed by atoms with van der Waals surface area (Å²) >= 11 is 2.25. The Morgan fingerprint density at radius 1 is 0.850 bits per heavy atom. The molecule has 0 rings (SSSR count). The molecule has 1 nitrogen and oxygen atoms in total. The second-order valence-electron chi connectivity index (χ2n) is 6.48. The number of rotatable bonds is 13. The zero-order valence-corrected chi connectivity index (χ0v) is 16.0. The second-order valence-corrected chi connectivity index (χ2v) is 8.26. The summed E-state index contributed by atoms with van der Waals surface area (Å²) in [5.41, 5.74) is 0.00825. The van der Waals surface area contributed by atoms with Crippen LogP contribution in [0.15, 0.2) is 0 Å². The number of halogens is 1. The van der Waals surface area contributed by atoms with Crippen LogP contribution in [0.3, 0.4) is 0 Å². The van der Waals surface area contributed by atoms with Crippen molar-refractivity contribution in [2.24, 2.45) is 5.41 Å². The highest BCUT2D eigenvalue weighted by Crippen LogP contribution is 2.47. The lowest BCUT2D eigenvalue weighted by Crippen LogP contribution is -2.41. The van der Waals surface area contributed by atoms with Gasteiger partial charge in [-0.25, -0.2) is 0 Å². The topological polar surface area (TPSA) is 20.2 Å². The van der Waals surface area contributed by atoms with E-state index in [1.54, 1.807) is 0 Å². The van der Waals surface area contributed by atoms with Gasteiger partial charge in [0.05, 0.1) is 7.85 Å². The minimum Gasteiger partial charge on any atom is -0.379 e. The van der Waals surface area contributed by atoms with Crippen molar-refractivity contribution in [2.75, 3.05) is 0 Å². The summed E-state index contributed by atoms with van der Waals surface area (Å²) < 4.78 is -0.655. The fourth-order valence-corrected chi connectivity index (χ4v) is 3.74. The van der Waals surface area contributed by atoms with Crippen LogP contribution in [0, 0.1) is 5.41 Å². The van der Waals surface area contributed by atoms with E-state index in [-0.39, 0.29) is 5.41 Å². The third-order valence-corrected chi connectivity index (χ3v) is 6.41. The Morgan fingerprint density at radius 2 is 1.30 bits per heavy atom. The van der Waals surface area contributed by atoms with Crippen LogP contribution >= 0.6 is 22.6 Å². The summed E-state index contributed by atoms with van der Waals surface area (Å²) in [5, 5.41) is 10.8. The first-order chi connectivity index (χ1) is 9.43. The molecule has 0 aromatic rings. The fraction of sp³-hybridized carbons (Fsp3) is 1.00. The van der Waals surface area contributed by atoms with Crippen molar-refractivity contribution in [1.29, 1.82) is 0 Å². The van der Waals surface area contributed by atoms with Gasteiger partial charge in [-0.15, -0.1) is 0 Å². The third-order valence-electron chi connectivity index (χ3n) is 4.56. The molecule has 0 spiro atoms. The Balaban J connectivity index is 4.44. The Labute approximate surface area is 142 Å². The van der Waals surface area contributed by atoms with Gasteiger partial charge in [0.15, 0.2) is 0 Å². The van der Waals surface area contributed by atoms with E-state index in [1.165, 1.54) is 51.4 Å². The molecule has 0 fully saturated rings. The molecule has 1 unspecified atom stereocenters. The van der Waals surface area contributed by atoms with Crippen molar-refractivity contribution < 1.29 is 5.11 Å². The summed E-state index contributed by atoms with van der Waals surface area (Å²) in [6.45, 7) is 6.75. The van der Waals surface area contributed by atoms with Crippen LogP contribution in [0.4, 0.5) is 0 Å². The van der Waals surface area contributed by atoms with Crippen molar-refractivity contribution in [3.05, 3.63) is 0 Å². The Bertz CT molecular complexity index is 233. The van der Waals surface area contributed by atoms with E-state index in [4.69, 9.17) is 7.85 Å². The molecule has 0 aromatic carbocycles. The predicted octanol–water partition coefficient (Wildman–Crippen LogP) is 6.03. The van der Waals surface area contributed by atoms with Crippen LogP contribution in [0.25, 0.3) is 0 Å². The van der Waals surface area contributed by atoms with Gasteiger partial charge in [0.2, 0.25) is 0 Å². The van der Waals surface area contributed by atoms with Gasteiger partial charge in [-0.1, -0.05) is 78.5 Å². The summed E-state index contributed by atoms with van der Waals surface area (Å²) in [7, 11) is 5.70. The average Bonchev–Trinajstić information content (AvgIpc) is 2.38. The molecule has 0 bridgehead atoms. The maximum Gasteiger partial charge on any atom is 0.120 e. The van der Waals surface area contributed by atoms with Crippen LogP contribution in [0.1, 0.15) is 91.4 Å². The van der Waals surface area contributed by atoms with Crippen molar-refractivity contribution in [3.8, 4) is 0 Å². The first-order valence-electron chi connectivity index (χ1n) is 8.55. The monoisotopic (exact) mass is 392 g/mol. The normalized spacial score (nSPS) is 17.6. The number of unbranched alkanes of at least 4 members (excludes halogenated alkanes) is 6. The third kappa shape index (κ3) is 7.67. The van der Waals surface area contributed by atoms with Gasteiger partial charge in [0.25, 0.3) is 0 Å². The van der Waals surface area contributed by atoms with Crippen LogP contribution in [-0.2, 0) is 0 Å². The van der Waals surface area contributed by atoms with E-state index in [1.807, 2.05) is 0 Å². The van der Waals surface area contributed by atoms with Crippen molar-refractivity contribution >= 4 is 30.4 Å². The predicted molar refractivity (Wildman–Crippen MR) is 99.8 cm³/mol. The maximum absolute atomic E-state index is 10.8. The van der Waals surface area contributed by atoms with Crippen molar-refractivity contribution in [3.63, 3.8) is 0 Å². The van der Waals surface area contributed by atoms with Gasteiger partial charge in [0, 0.05) is 5.41 Å². The van der Waals surface area contributed by atoms with Gasteiger partial charge in [-0.05, 0) is 41.9 Å².